The third-order valence-corrected chi connectivity index (χ3v) is 6.04. The molecule has 0 radical (unpaired) electrons. The zero-order valence-corrected chi connectivity index (χ0v) is 18.0. The highest BCUT2D eigenvalue weighted by atomic mass is 35.5. The minimum Gasteiger partial charge on any atom is -0.341 e. The second-order valence-corrected chi connectivity index (χ2v) is 8.18. The number of aryl methyl sites for hydroxylation is 1. The molecule has 0 aromatic heterocycles. The molecular weight excluding hydrogens is 374 g/mol. The van der Waals surface area contributed by atoms with Gasteiger partial charge in [0.25, 0.3) is 5.91 Å². The molecule has 5 nitrogen and oxygen atoms in total. The van der Waals surface area contributed by atoms with Crippen molar-refractivity contribution in [1.82, 2.24) is 15.1 Å². The molecule has 0 bridgehead atoms. The maximum absolute atomic E-state index is 12.8. The predicted molar refractivity (Wildman–Crippen MR) is 115 cm³/mol. The summed E-state index contributed by atoms with van der Waals surface area (Å²) in [5, 5.41) is 3.45. The molecular formula is C22H34ClN3O2. The molecule has 1 aromatic carbocycles. The van der Waals surface area contributed by atoms with Crippen molar-refractivity contribution in [3.05, 3.63) is 35.4 Å². The molecule has 2 amide bonds. The zero-order chi connectivity index (χ0) is 19.2. The lowest BCUT2D eigenvalue weighted by molar-refractivity contribution is -0.132. The molecule has 2 fully saturated rings. The first-order chi connectivity index (χ1) is 13.0. The van der Waals surface area contributed by atoms with Crippen LogP contribution >= 0.6 is 12.4 Å². The molecule has 2 atom stereocenters. The minimum atomic E-state index is 0. The Balaban J connectivity index is 0.00000280. The number of hydrogen-bond acceptors (Lipinski definition) is 3. The zero-order valence-electron chi connectivity index (χ0n) is 17.2. The van der Waals surface area contributed by atoms with Crippen molar-refractivity contribution in [3.63, 3.8) is 0 Å². The quantitative estimate of drug-likeness (QED) is 0.834. The van der Waals surface area contributed by atoms with Crippen molar-refractivity contribution >= 4 is 24.2 Å². The lowest BCUT2D eigenvalue weighted by Crippen LogP contribution is -2.39. The summed E-state index contributed by atoms with van der Waals surface area (Å²) in [6, 6.07) is 7.75. The summed E-state index contributed by atoms with van der Waals surface area (Å²) in [7, 11) is 0. The molecule has 0 aliphatic carbocycles. The topological polar surface area (TPSA) is 52.7 Å². The summed E-state index contributed by atoms with van der Waals surface area (Å²) in [4.78, 5) is 29.4. The lowest BCUT2D eigenvalue weighted by Gasteiger charge is -2.30. The molecule has 0 saturated carbocycles. The van der Waals surface area contributed by atoms with E-state index < -0.39 is 0 Å². The molecule has 0 spiro atoms. The third kappa shape index (κ3) is 5.95. The number of hydrogen-bond donors (Lipinski definition) is 1. The Morgan fingerprint density at radius 2 is 1.89 bits per heavy atom. The van der Waals surface area contributed by atoms with Crippen LogP contribution in [0.2, 0.25) is 0 Å². The summed E-state index contributed by atoms with van der Waals surface area (Å²) in [6.45, 7) is 9.10. The first kappa shape index (κ1) is 22.7. The van der Waals surface area contributed by atoms with Crippen molar-refractivity contribution in [3.8, 4) is 0 Å². The fourth-order valence-corrected chi connectivity index (χ4v) is 4.27. The number of amides is 2. The molecule has 156 valence electrons. The van der Waals surface area contributed by atoms with Crippen LogP contribution in [0.1, 0.15) is 48.5 Å². The maximum Gasteiger partial charge on any atom is 0.253 e. The van der Waals surface area contributed by atoms with Gasteiger partial charge in [0.2, 0.25) is 5.91 Å². The third-order valence-electron chi connectivity index (χ3n) is 6.04. The van der Waals surface area contributed by atoms with Crippen LogP contribution in [0.5, 0.6) is 0 Å². The minimum absolute atomic E-state index is 0. The van der Waals surface area contributed by atoms with Gasteiger partial charge in [0.15, 0.2) is 0 Å². The number of rotatable bonds is 4. The molecule has 2 aliphatic heterocycles. The molecule has 2 aliphatic rings. The molecule has 6 heteroatoms. The fourth-order valence-electron chi connectivity index (χ4n) is 4.27. The lowest BCUT2D eigenvalue weighted by atomic mass is 9.85. The van der Waals surface area contributed by atoms with Gasteiger partial charge >= 0.3 is 0 Å². The Morgan fingerprint density at radius 1 is 1.14 bits per heavy atom. The number of carbonyl (C=O) groups is 2. The van der Waals surface area contributed by atoms with Gasteiger partial charge in [0.05, 0.1) is 0 Å². The Hall–Kier alpha value is -1.59. The second-order valence-electron chi connectivity index (χ2n) is 8.18. The summed E-state index contributed by atoms with van der Waals surface area (Å²) in [6.07, 6.45) is 3.91. The monoisotopic (exact) mass is 407 g/mol. The normalized spacial score (nSPS) is 21.4. The van der Waals surface area contributed by atoms with Crippen molar-refractivity contribution in [1.29, 1.82) is 0 Å². The van der Waals surface area contributed by atoms with Crippen LogP contribution in [0.4, 0.5) is 0 Å². The van der Waals surface area contributed by atoms with E-state index in [0.717, 1.165) is 43.7 Å². The van der Waals surface area contributed by atoms with Crippen LogP contribution < -0.4 is 5.32 Å². The van der Waals surface area contributed by atoms with Gasteiger partial charge in [0.1, 0.15) is 0 Å². The summed E-state index contributed by atoms with van der Waals surface area (Å²) in [5.41, 5.74) is 1.84. The van der Waals surface area contributed by atoms with E-state index in [1.165, 1.54) is 12.8 Å². The van der Waals surface area contributed by atoms with E-state index in [0.29, 0.717) is 31.3 Å². The summed E-state index contributed by atoms with van der Waals surface area (Å²) in [5.74, 6) is 1.35. The molecule has 2 unspecified atom stereocenters. The standard InChI is InChI=1S/C22H33N3O2.ClH/c1-17-6-3-7-19(14-17)22(27)25-11-5-10-24(12-13-25)21(26)15-18(2)20-8-4-9-23-16-20;/h3,6-7,14,18,20,23H,4-5,8-13,15-16H2,1-2H3;1H. The van der Waals surface area contributed by atoms with Gasteiger partial charge in [-0.15, -0.1) is 12.4 Å². The van der Waals surface area contributed by atoms with E-state index >= 15 is 0 Å². The van der Waals surface area contributed by atoms with Crippen molar-refractivity contribution in [2.24, 2.45) is 11.8 Å². The molecule has 2 heterocycles. The van der Waals surface area contributed by atoms with E-state index in [4.69, 9.17) is 0 Å². The van der Waals surface area contributed by atoms with Gasteiger partial charge in [-0.2, -0.15) is 0 Å². The Labute approximate surface area is 175 Å². The fraction of sp³-hybridized carbons (Fsp3) is 0.636. The Bertz CT molecular complexity index is 661. The highest BCUT2D eigenvalue weighted by molar-refractivity contribution is 5.94. The second kappa shape index (κ2) is 10.8. The number of nitrogens with one attached hydrogen (secondary N) is 1. The number of halogens is 1. The van der Waals surface area contributed by atoms with E-state index in [9.17, 15) is 9.59 Å². The first-order valence-corrected chi connectivity index (χ1v) is 10.4. The summed E-state index contributed by atoms with van der Waals surface area (Å²) < 4.78 is 0. The van der Waals surface area contributed by atoms with Crippen molar-refractivity contribution < 1.29 is 9.59 Å². The van der Waals surface area contributed by atoms with Gasteiger partial charge in [-0.3, -0.25) is 9.59 Å². The van der Waals surface area contributed by atoms with Gasteiger partial charge in [-0.1, -0.05) is 24.6 Å². The Morgan fingerprint density at radius 3 is 2.61 bits per heavy atom. The molecule has 28 heavy (non-hydrogen) atoms. The van der Waals surface area contributed by atoms with Crippen LogP contribution in [0.3, 0.4) is 0 Å². The predicted octanol–water partition coefficient (Wildman–Crippen LogP) is 3.12. The molecule has 3 rings (SSSR count). The largest absolute Gasteiger partial charge is 0.341 e. The van der Waals surface area contributed by atoms with Crippen LogP contribution in [0, 0.1) is 18.8 Å². The van der Waals surface area contributed by atoms with Crippen LogP contribution in [0.25, 0.3) is 0 Å². The van der Waals surface area contributed by atoms with Gasteiger partial charge in [-0.25, -0.2) is 0 Å². The van der Waals surface area contributed by atoms with Crippen molar-refractivity contribution in [2.75, 3.05) is 39.3 Å². The number of nitrogens with zero attached hydrogens (tertiary/aromatic N) is 2. The smallest absolute Gasteiger partial charge is 0.253 e. The Kier molecular flexibility index (Phi) is 8.77. The first-order valence-electron chi connectivity index (χ1n) is 10.4. The van der Waals surface area contributed by atoms with E-state index in [1.54, 1.807) is 0 Å². The van der Waals surface area contributed by atoms with E-state index in [-0.39, 0.29) is 24.2 Å². The molecule has 2 saturated heterocycles. The van der Waals surface area contributed by atoms with Crippen LogP contribution in [0.15, 0.2) is 24.3 Å². The molecule has 1 N–H and O–H groups in total. The highest BCUT2D eigenvalue weighted by Crippen LogP contribution is 2.23. The van der Waals surface area contributed by atoms with E-state index in [1.807, 2.05) is 41.0 Å². The number of carbonyl (C=O) groups excluding carboxylic acids is 2. The summed E-state index contributed by atoms with van der Waals surface area (Å²) >= 11 is 0. The number of piperidine rings is 1. The van der Waals surface area contributed by atoms with Gasteiger partial charge in [0, 0.05) is 38.2 Å². The van der Waals surface area contributed by atoms with Crippen LogP contribution in [-0.2, 0) is 4.79 Å². The highest BCUT2D eigenvalue weighted by Gasteiger charge is 2.26. The average Bonchev–Trinajstić information content (AvgIpc) is 2.94. The SMILES string of the molecule is Cc1cccc(C(=O)N2CCCN(C(=O)CC(C)C3CCCNC3)CC2)c1.Cl. The van der Waals surface area contributed by atoms with Crippen molar-refractivity contribution in [2.45, 2.75) is 39.5 Å². The van der Waals surface area contributed by atoms with Crippen LogP contribution in [-0.4, -0.2) is 60.9 Å². The number of benzene rings is 1. The van der Waals surface area contributed by atoms with E-state index in [2.05, 4.69) is 12.2 Å². The van der Waals surface area contributed by atoms with Gasteiger partial charge < -0.3 is 15.1 Å². The van der Waals surface area contributed by atoms with Gasteiger partial charge in [-0.05, 0) is 63.2 Å². The average molecular weight is 408 g/mol. The molecule has 1 aromatic rings. The maximum atomic E-state index is 12.8.